The van der Waals surface area contributed by atoms with Crippen LogP contribution in [0.25, 0.3) is 0 Å². The monoisotopic (exact) mass is 252 g/mol. The van der Waals surface area contributed by atoms with Gasteiger partial charge in [0.05, 0.1) is 12.3 Å². The Morgan fingerprint density at radius 1 is 1.44 bits per heavy atom. The van der Waals surface area contributed by atoms with Crippen LogP contribution in [0.1, 0.15) is 44.8 Å². The first-order chi connectivity index (χ1) is 8.58. The van der Waals surface area contributed by atoms with Gasteiger partial charge >= 0.3 is 0 Å². The number of aliphatic hydroxyl groups is 1. The Bertz CT molecular complexity index is 407. The largest absolute Gasteiger partial charge is 0.386 e. The van der Waals surface area contributed by atoms with Gasteiger partial charge in [0.1, 0.15) is 5.82 Å². The van der Waals surface area contributed by atoms with Crippen molar-refractivity contribution in [1.29, 1.82) is 0 Å². The van der Waals surface area contributed by atoms with Crippen LogP contribution in [0.15, 0.2) is 18.5 Å². The van der Waals surface area contributed by atoms with Crippen molar-refractivity contribution in [3.05, 3.63) is 29.8 Å². The van der Waals surface area contributed by atoms with Gasteiger partial charge in [0.25, 0.3) is 0 Å². The fourth-order valence-corrected chi connectivity index (χ4v) is 2.75. The number of halogens is 1. The summed E-state index contributed by atoms with van der Waals surface area (Å²) in [5, 5.41) is 10.6. The zero-order valence-corrected chi connectivity index (χ0v) is 11.1. The number of aliphatic hydroxyl groups excluding tert-OH is 1. The Morgan fingerprint density at radius 2 is 2.11 bits per heavy atom. The molecule has 0 amide bonds. The van der Waals surface area contributed by atoms with E-state index < -0.39 is 11.9 Å². The smallest absolute Gasteiger partial charge is 0.141 e. The van der Waals surface area contributed by atoms with Gasteiger partial charge in [0, 0.05) is 17.3 Å². The summed E-state index contributed by atoms with van der Waals surface area (Å²) in [6.07, 6.45) is 5.18. The van der Waals surface area contributed by atoms with Crippen molar-refractivity contribution in [2.24, 2.45) is 0 Å². The Kier molecular flexibility index (Phi) is 3.97. The molecule has 2 unspecified atom stereocenters. The Labute approximate surface area is 108 Å². The van der Waals surface area contributed by atoms with E-state index >= 15 is 0 Å². The van der Waals surface area contributed by atoms with Crippen LogP contribution < -0.4 is 0 Å². The van der Waals surface area contributed by atoms with E-state index in [1.807, 2.05) is 6.92 Å². The summed E-state index contributed by atoms with van der Waals surface area (Å²) in [6, 6.07) is 1.38. The lowest BCUT2D eigenvalue weighted by Crippen LogP contribution is -2.49. The Morgan fingerprint density at radius 3 is 2.67 bits per heavy atom. The molecule has 1 aromatic heterocycles. The molecule has 1 aliphatic rings. The van der Waals surface area contributed by atoms with Gasteiger partial charge in [-0.3, -0.25) is 9.88 Å². The first-order valence-corrected chi connectivity index (χ1v) is 6.61. The summed E-state index contributed by atoms with van der Waals surface area (Å²) < 4.78 is 13.2. The van der Waals surface area contributed by atoms with E-state index in [0.717, 1.165) is 25.7 Å². The average Bonchev–Trinajstić information content (AvgIpc) is 2.91. The second-order valence-corrected chi connectivity index (χ2v) is 5.24. The number of rotatable bonds is 4. The van der Waals surface area contributed by atoms with Gasteiger partial charge in [0.2, 0.25) is 0 Å². The maximum Gasteiger partial charge on any atom is 0.141 e. The molecule has 2 heterocycles. The number of nitrogens with zero attached hydrogens (tertiary/aromatic N) is 2. The van der Waals surface area contributed by atoms with Crippen molar-refractivity contribution in [3.63, 3.8) is 0 Å². The van der Waals surface area contributed by atoms with Crippen molar-refractivity contribution in [1.82, 2.24) is 9.88 Å². The molecule has 1 N–H and O–H groups in total. The van der Waals surface area contributed by atoms with Crippen LogP contribution in [0.2, 0.25) is 0 Å². The lowest BCUT2D eigenvalue weighted by molar-refractivity contribution is -0.0143. The lowest BCUT2D eigenvalue weighted by Gasteiger charge is -2.42. The summed E-state index contributed by atoms with van der Waals surface area (Å²) >= 11 is 0. The van der Waals surface area contributed by atoms with Crippen LogP contribution in [0.5, 0.6) is 0 Å². The predicted octanol–water partition coefficient (Wildman–Crippen LogP) is 2.52. The van der Waals surface area contributed by atoms with E-state index in [9.17, 15) is 9.50 Å². The number of hydrogen-bond donors (Lipinski definition) is 1. The molecule has 18 heavy (non-hydrogen) atoms. The fraction of sp³-hybridized carbons (Fsp3) is 0.643. The van der Waals surface area contributed by atoms with Crippen LogP contribution >= 0.6 is 0 Å². The molecule has 0 aromatic carbocycles. The zero-order chi connectivity index (χ0) is 13.2. The molecule has 0 radical (unpaired) electrons. The highest BCUT2D eigenvalue weighted by atomic mass is 19.1. The highest BCUT2D eigenvalue weighted by molar-refractivity contribution is 5.18. The summed E-state index contributed by atoms with van der Waals surface area (Å²) in [6.45, 7) is 6.12. The molecule has 2 rings (SSSR count). The van der Waals surface area contributed by atoms with E-state index in [1.165, 1.54) is 18.9 Å². The fourth-order valence-electron chi connectivity index (χ4n) is 2.75. The third-order valence-corrected chi connectivity index (χ3v) is 4.18. The van der Waals surface area contributed by atoms with Gasteiger partial charge in [-0.15, -0.1) is 0 Å². The normalized spacial score (nSPS) is 21.8. The van der Waals surface area contributed by atoms with Gasteiger partial charge < -0.3 is 5.11 Å². The minimum Gasteiger partial charge on any atom is -0.386 e. The first-order valence-electron chi connectivity index (χ1n) is 6.61. The molecular weight excluding hydrogens is 231 g/mol. The lowest BCUT2D eigenvalue weighted by atomic mass is 9.86. The van der Waals surface area contributed by atoms with Gasteiger partial charge in [-0.05, 0) is 45.3 Å². The van der Waals surface area contributed by atoms with E-state index in [4.69, 9.17) is 0 Å². The molecule has 0 aliphatic carbocycles. The Hall–Kier alpha value is -1.00. The molecule has 1 aromatic rings. The van der Waals surface area contributed by atoms with Crippen molar-refractivity contribution in [2.45, 2.75) is 44.8 Å². The van der Waals surface area contributed by atoms with Crippen LogP contribution in [0.3, 0.4) is 0 Å². The van der Waals surface area contributed by atoms with Crippen molar-refractivity contribution in [2.75, 3.05) is 13.1 Å². The van der Waals surface area contributed by atoms with Crippen molar-refractivity contribution in [3.8, 4) is 0 Å². The van der Waals surface area contributed by atoms with E-state index in [2.05, 4.69) is 16.8 Å². The summed E-state index contributed by atoms with van der Waals surface area (Å²) in [7, 11) is 0. The van der Waals surface area contributed by atoms with E-state index in [-0.39, 0.29) is 5.54 Å². The van der Waals surface area contributed by atoms with E-state index in [0.29, 0.717) is 5.56 Å². The standard InChI is InChI=1S/C14H21FN2O/c1-3-14(2,17-6-4-5-7-17)13(18)11-8-12(15)10-16-9-11/h8-10,13,18H,3-7H2,1-2H3. The molecule has 100 valence electrons. The van der Waals surface area contributed by atoms with Crippen LogP contribution in [-0.4, -0.2) is 33.6 Å². The van der Waals surface area contributed by atoms with Crippen LogP contribution in [0.4, 0.5) is 4.39 Å². The molecule has 0 spiro atoms. The second kappa shape index (κ2) is 5.33. The molecule has 0 bridgehead atoms. The number of pyridine rings is 1. The van der Waals surface area contributed by atoms with Gasteiger partial charge in [0.15, 0.2) is 0 Å². The van der Waals surface area contributed by atoms with Gasteiger partial charge in [-0.2, -0.15) is 0 Å². The third kappa shape index (κ3) is 2.40. The molecule has 1 aliphatic heterocycles. The SMILES string of the molecule is CCC(C)(C(O)c1cncc(F)c1)N1CCCC1. The predicted molar refractivity (Wildman–Crippen MR) is 68.7 cm³/mol. The molecule has 3 nitrogen and oxygen atoms in total. The molecule has 2 atom stereocenters. The molecule has 1 saturated heterocycles. The summed E-state index contributed by atoms with van der Waals surface area (Å²) in [4.78, 5) is 6.13. The van der Waals surface area contributed by atoms with Crippen molar-refractivity contribution < 1.29 is 9.50 Å². The number of aromatic nitrogens is 1. The summed E-state index contributed by atoms with van der Waals surface area (Å²) in [5.74, 6) is -0.397. The highest BCUT2D eigenvalue weighted by Crippen LogP contribution is 2.36. The molecule has 0 saturated carbocycles. The maximum atomic E-state index is 13.2. The average molecular weight is 252 g/mol. The second-order valence-electron chi connectivity index (χ2n) is 5.24. The van der Waals surface area contributed by atoms with Crippen LogP contribution in [0, 0.1) is 5.82 Å². The van der Waals surface area contributed by atoms with Crippen LogP contribution in [-0.2, 0) is 0 Å². The van der Waals surface area contributed by atoms with E-state index in [1.54, 1.807) is 6.20 Å². The number of hydrogen-bond acceptors (Lipinski definition) is 3. The van der Waals surface area contributed by atoms with Gasteiger partial charge in [-0.1, -0.05) is 6.92 Å². The first kappa shape index (κ1) is 13.4. The molecule has 1 fully saturated rings. The topological polar surface area (TPSA) is 36.4 Å². The van der Waals surface area contributed by atoms with Gasteiger partial charge in [-0.25, -0.2) is 4.39 Å². The highest BCUT2D eigenvalue weighted by Gasteiger charge is 2.39. The quantitative estimate of drug-likeness (QED) is 0.894. The maximum absolute atomic E-state index is 13.2. The molecule has 4 heteroatoms. The molecular formula is C14H21FN2O. The zero-order valence-electron chi connectivity index (χ0n) is 11.1. The minimum absolute atomic E-state index is 0.341. The third-order valence-electron chi connectivity index (χ3n) is 4.18. The minimum atomic E-state index is -0.705. The summed E-state index contributed by atoms with van der Waals surface area (Å²) in [5.41, 5.74) is 0.220. The Balaban J connectivity index is 2.26. The van der Waals surface area contributed by atoms with Crippen molar-refractivity contribution >= 4 is 0 Å². The number of likely N-dealkylation sites (tertiary alicyclic amines) is 1.